The Morgan fingerprint density at radius 1 is 1.00 bits per heavy atom. The summed E-state index contributed by atoms with van der Waals surface area (Å²) in [5, 5.41) is 3.53. The molecule has 1 aromatic rings. The third kappa shape index (κ3) is 7.54. The van der Waals surface area contributed by atoms with Crippen molar-refractivity contribution in [1.29, 1.82) is 0 Å². The van der Waals surface area contributed by atoms with Crippen LogP contribution in [0.25, 0.3) is 0 Å². The number of hydrogen-bond acceptors (Lipinski definition) is 2. The van der Waals surface area contributed by atoms with Crippen LogP contribution in [0.4, 0.5) is 0 Å². The summed E-state index contributed by atoms with van der Waals surface area (Å²) in [6, 6.07) is 8.32. The lowest BCUT2D eigenvalue weighted by atomic mass is 10.1. The van der Waals surface area contributed by atoms with Gasteiger partial charge in [-0.1, -0.05) is 57.2 Å². The van der Waals surface area contributed by atoms with Crippen LogP contribution in [-0.2, 0) is 6.54 Å². The van der Waals surface area contributed by atoms with Gasteiger partial charge in [0.25, 0.3) is 0 Å². The highest BCUT2D eigenvalue weighted by molar-refractivity contribution is 5.33. The summed E-state index contributed by atoms with van der Waals surface area (Å²) in [4.78, 5) is 0. The second-order valence-electron chi connectivity index (χ2n) is 5.72. The molecule has 0 aromatic heterocycles. The standard InChI is InChI=1S/C18H31NO/c1-4-5-6-7-8-11-14-19-15-17-12-9-10-13-18(17)20-16(2)3/h9-10,12-13,16,19H,4-8,11,14-15H2,1-3H3. The van der Waals surface area contributed by atoms with Crippen LogP contribution >= 0.6 is 0 Å². The van der Waals surface area contributed by atoms with Crippen molar-refractivity contribution in [3.8, 4) is 5.75 Å². The highest BCUT2D eigenvalue weighted by Crippen LogP contribution is 2.19. The average Bonchev–Trinajstić information content (AvgIpc) is 2.43. The maximum absolute atomic E-state index is 5.83. The van der Waals surface area contributed by atoms with Crippen LogP contribution in [0.3, 0.4) is 0 Å². The molecule has 0 aliphatic carbocycles. The first-order valence-electron chi connectivity index (χ1n) is 8.19. The van der Waals surface area contributed by atoms with Crippen LogP contribution in [0, 0.1) is 0 Å². The van der Waals surface area contributed by atoms with Gasteiger partial charge in [0.1, 0.15) is 5.75 Å². The summed E-state index contributed by atoms with van der Waals surface area (Å²) in [5.74, 6) is 1.01. The van der Waals surface area contributed by atoms with Gasteiger partial charge in [0.15, 0.2) is 0 Å². The van der Waals surface area contributed by atoms with E-state index < -0.39 is 0 Å². The van der Waals surface area contributed by atoms with Crippen molar-refractivity contribution < 1.29 is 4.74 Å². The Balaban J connectivity index is 2.18. The van der Waals surface area contributed by atoms with E-state index in [1.54, 1.807) is 0 Å². The molecule has 0 aliphatic rings. The van der Waals surface area contributed by atoms with Crippen molar-refractivity contribution >= 4 is 0 Å². The molecular formula is C18H31NO. The fourth-order valence-electron chi connectivity index (χ4n) is 2.27. The van der Waals surface area contributed by atoms with Gasteiger partial charge in [0.05, 0.1) is 6.10 Å². The molecule has 0 saturated heterocycles. The van der Waals surface area contributed by atoms with Gasteiger partial charge >= 0.3 is 0 Å². The lowest BCUT2D eigenvalue weighted by molar-refractivity contribution is 0.239. The minimum Gasteiger partial charge on any atom is -0.491 e. The van der Waals surface area contributed by atoms with Gasteiger partial charge in [-0.2, -0.15) is 0 Å². The zero-order valence-corrected chi connectivity index (χ0v) is 13.5. The molecule has 114 valence electrons. The van der Waals surface area contributed by atoms with Crippen molar-refractivity contribution in [3.05, 3.63) is 29.8 Å². The third-order valence-corrected chi connectivity index (χ3v) is 3.36. The van der Waals surface area contributed by atoms with Crippen LogP contribution in [0.2, 0.25) is 0 Å². The van der Waals surface area contributed by atoms with Gasteiger partial charge in [-0.3, -0.25) is 0 Å². The van der Waals surface area contributed by atoms with Gasteiger partial charge < -0.3 is 10.1 Å². The summed E-state index contributed by atoms with van der Waals surface area (Å²) < 4.78 is 5.83. The zero-order valence-electron chi connectivity index (χ0n) is 13.5. The molecule has 0 bridgehead atoms. The lowest BCUT2D eigenvalue weighted by Gasteiger charge is -2.14. The number of rotatable bonds is 11. The predicted molar refractivity (Wildman–Crippen MR) is 87.3 cm³/mol. The van der Waals surface area contributed by atoms with Crippen LogP contribution < -0.4 is 10.1 Å². The van der Waals surface area contributed by atoms with Crippen LogP contribution in [0.1, 0.15) is 64.9 Å². The molecule has 1 N–H and O–H groups in total. The van der Waals surface area contributed by atoms with E-state index in [0.717, 1.165) is 18.8 Å². The molecule has 0 amide bonds. The molecule has 0 spiro atoms. The summed E-state index contributed by atoms with van der Waals surface area (Å²) in [6.45, 7) is 8.40. The molecule has 0 unspecified atom stereocenters. The number of hydrogen-bond donors (Lipinski definition) is 1. The van der Waals surface area contributed by atoms with E-state index in [-0.39, 0.29) is 6.10 Å². The Hall–Kier alpha value is -1.02. The largest absolute Gasteiger partial charge is 0.491 e. The zero-order chi connectivity index (χ0) is 14.6. The molecule has 0 saturated carbocycles. The topological polar surface area (TPSA) is 21.3 Å². The second-order valence-corrected chi connectivity index (χ2v) is 5.72. The van der Waals surface area contributed by atoms with Crippen molar-refractivity contribution in [2.45, 2.75) is 71.9 Å². The molecule has 0 radical (unpaired) electrons. The van der Waals surface area contributed by atoms with Crippen molar-refractivity contribution in [2.75, 3.05) is 6.54 Å². The highest BCUT2D eigenvalue weighted by atomic mass is 16.5. The summed E-state index contributed by atoms with van der Waals surface area (Å²) in [6.07, 6.45) is 8.32. The van der Waals surface area contributed by atoms with Gasteiger partial charge in [-0.25, -0.2) is 0 Å². The number of benzene rings is 1. The minimum atomic E-state index is 0.231. The fraction of sp³-hybridized carbons (Fsp3) is 0.667. The smallest absolute Gasteiger partial charge is 0.124 e. The molecule has 20 heavy (non-hydrogen) atoms. The number of ether oxygens (including phenoxy) is 1. The minimum absolute atomic E-state index is 0.231. The molecule has 2 heteroatoms. The van der Waals surface area contributed by atoms with Crippen molar-refractivity contribution in [3.63, 3.8) is 0 Å². The number of unbranched alkanes of at least 4 members (excludes halogenated alkanes) is 5. The predicted octanol–water partition coefficient (Wildman–Crippen LogP) is 4.92. The Morgan fingerprint density at radius 2 is 1.70 bits per heavy atom. The van der Waals surface area contributed by atoms with E-state index in [2.05, 4.69) is 44.3 Å². The van der Waals surface area contributed by atoms with Gasteiger partial charge in [0.2, 0.25) is 0 Å². The Bertz CT molecular complexity index is 349. The normalized spacial score (nSPS) is 11.0. The van der Waals surface area contributed by atoms with Gasteiger partial charge in [0, 0.05) is 12.1 Å². The van der Waals surface area contributed by atoms with Gasteiger partial charge in [-0.05, 0) is 32.9 Å². The van der Waals surface area contributed by atoms with E-state index in [4.69, 9.17) is 4.74 Å². The van der Waals surface area contributed by atoms with Crippen LogP contribution in [-0.4, -0.2) is 12.6 Å². The summed E-state index contributed by atoms with van der Waals surface area (Å²) in [5.41, 5.74) is 1.26. The third-order valence-electron chi connectivity index (χ3n) is 3.36. The lowest BCUT2D eigenvalue weighted by Crippen LogP contribution is -2.16. The first-order chi connectivity index (χ1) is 9.74. The van der Waals surface area contributed by atoms with E-state index >= 15 is 0 Å². The van der Waals surface area contributed by atoms with Crippen molar-refractivity contribution in [1.82, 2.24) is 5.32 Å². The quantitative estimate of drug-likeness (QED) is 0.579. The Kier molecular flexibility index (Phi) is 9.14. The summed E-state index contributed by atoms with van der Waals surface area (Å²) >= 11 is 0. The van der Waals surface area contributed by atoms with Gasteiger partial charge in [-0.15, -0.1) is 0 Å². The molecule has 0 atom stereocenters. The van der Waals surface area contributed by atoms with Crippen molar-refractivity contribution in [2.24, 2.45) is 0 Å². The summed E-state index contributed by atoms with van der Waals surface area (Å²) in [7, 11) is 0. The van der Waals surface area contributed by atoms with E-state index in [9.17, 15) is 0 Å². The average molecular weight is 277 g/mol. The molecule has 1 rings (SSSR count). The SMILES string of the molecule is CCCCCCCCNCc1ccccc1OC(C)C. The van der Waals surface area contributed by atoms with Crippen LogP contribution in [0.5, 0.6) is 5.75 Å². The van der Waals surface area contributed by atoms with E-state index in [1.165, 1.54) is 44.1 Å². The number of para-hydroxylation sites is 1. The second kappa shape index (κ2) is 10.7. The Labute approximate surface area is 124 Å². The molecule has 1 aromatic carbocycles. The first kappa shape index (κ1) is 17.0. The van der Waals surface area contributed by atoms with E-state index in [1.807, 2.05) is 6.07 Å². The monoisotopic (exact) mass is 277 g/mol. The number of nitrogens with one attached hydrogen (secondary N) is 1. The van der Waals surface area contributed by atoms with E-state index in [0.29, 0.717) is 0 Å². The molecule has 0 aliphatic heterocycles. The first-order valence-corrected chi connectivity index (χ1v) is 8.19. The molecule has 0 fully saturated rings. The molecule has 0 heterocycles. The molecular weight excluding hydrogens is 246 g/mol. The maximum atomic E-state index is 5.83. The maximum Gasteiger partial charge on any atom is 0.124 e. The Morgan fingerprint density at radius 3 is 2.45 bits per heavy atom. The molecule has 2 nitrogen and oxygen atoms in total. The van der Waals surface area contributed by atoms with Crippen LogP contribution in [0.15, 0.2) is 24.3 Å². The fourth-order valence-corrected chi connectivity index (χ4v) is 2.27. The highest BCUT2D eigenvalue weighted by Gasteiger charge is 2.04.